The van der Waals surface area contributed by atoms with Crippen molar-refractivity contribution in [2.45, 2.75) is 32.7 Å². The molecule has 106 valence electrons. The van der Waals surface area contributed by atoms with Gasteiger partial charge in [-0.05, 0) is 37.8 Å². The molecule has 2 aromatic rings. The first kappa shape index (κ1) is 13.2. The second-order valence-corrected chi connectivity index (χ2v) is 5.82. The van der Waals surface area contributed by atoms with Gasteiger partial charge in [-0.15, -0.1) is 0 Å². The van der Waals surface area contributed by atoms with Crippen LogP contribution in [-0.2, 0) is 4.79 Å². The van der Waals surface area contributed by atoms with Crippen LogP contribution in [0.1, 0.15) is 32.7 Å². The average Bonchev–Trinajstić information content (AvgIpc) is 2.90. The number of fused-ring (bicyclic) bond motifs is 1. The number of rotatable bonds is 2. The lowest BCUT2D eigenvalue weighted by Crippen LogP contribution is -2.41. The fraction of sp³-hybridized carbons (Fsp3) is 0.500. The number of imidazole rings is 1. The summed E-state index contributed by atoms with van der Waals surface area (Å²) < 4.78 is 1.98. The molecule has 1 fully saturated rings. The van der Waals surface area contributed by atoms with Crippen molar-refractivity contribution in [1.82, 2.24) is 14.5 Å². The highest BCUT2D eigenvalue weighted by molar-refractivity contribution is 5.83. The molecule has 3 rings (SSSR count). The molecular weight excluding hydrogens is 250 g/mol. The third kappa shape index (κ3) is 2.30. The van der Waals surface area contributed by atoms with Gasteiger partial charge in [0.2, 0.25) is 5.91 Å². The van der Waals surface area contributed by atoms with Crippen LogP contribution in [0.4, 0.5) is 0 Å². The monoisotopic (exact) mass is 271 g/mol. The van der Waals surface area contributed by atoms with Gasteiger partial charge in [0.15, 0.2) is 0 Å². The Morgan fingerprint density at radius 1 is 1.30 bits per heavy atom. The van der Waals surface area contributed by atoms with Gasteiger partial charge in [0.25, 0.3) is 0 Å². The Balaban J connectivity index is 1.81. The van der Waals surface area contributed by atoms with Crippen LogP contribution in [-0.4, -0.2) is 33.4 Å². The number of para-hydroxylation sites is 2. The summed E-state index contributed by atoms with van der Waals surface area (Å²) in [6, 6.07) is 7.77. The third-order valence-corrected chi connectivity index (χ3v) is 4.35. The van der Waals surface area contributed by atoms with E-state index in [0.29, 0.717) is 0 Å². The quantitative estimate of drug-likeness (QED) is 0.842. The number of aromatic nitrogens is 2. The van der Waals surface area contributed by atoms with E-state index in [1.54, 1.807) is 6.33 Å². The molecule has 20 heavy (non-hydrogen) atoms. The number of amides is 1. The van der Waals surface area contributed by atoms with Gasteiger partial charge in [-0.1, -0.05) is 19.1 Å². The van der Waals surface area contributed by atoms with Gasteiger partial charge >= 0.3 is 0 Å². The molecule has 0 spiro atoms. The number of carbonyl (C=O) groups is 1. The van der Waals surface area contributed by atoms with E-state index >= 15 is 0 Å². The maximum Gasteiger partial charge on any atom is 0.245 e. The van der Waals surface area contributed by atoms with Crippen LogP contribution in [0.15, 0.2) is 30.6 Å². The molecule has 2 heterocycles. The highest BCUT2D eigenvalue weighted by Crippen LogP contribution is 2.22. The molecule has 1 aromatic carbocycles. The van der Waals surface area contributed by atoms with Crippen molar-refractivity contribution < 1.29 is 4.79 Å². The van der Waals surface area contributed by atoms with Crippen LogP contribution in [0.3, 0.4) is 0 Å². The topological polar surface area (TPSA) is 38.1 Å². The normalized spacial score (nSPS) is 18.4. The van der Waals surface area contributed by atoms with Gasteiger partial charge in [0.1, 0.15) is 6.04 Å². The number of nitrogens with zero attached hydrogens (tertiary/aromatic N) is 3. The molecule has 1 saturated heterocycles. The Labute approximate surface area is 119 Å². The fourth-order valence-electron chi connectivity index (χ4n) is 2.90. The van der Waals surface area contributed by atoms with Crippen LogP contribution in [0.5, 0.6) is 0 Å². The zero-order valence-corrected chi connectivity index (χ0v) is 12.1. The highest BCUT2D eigenvalue weighted by atomic mass is 16.2. The largest absolute Gasteiger partial charge is 0.341 e. The Hall–Kier alpha value is -1.84. The SMILES string of the molecule is CC1CCN(C(=O)C(C)n2cnc3ccccc32)CC1. The van der Waals surface area contributed by atoms with Gasteiger partial charge in [-0.25, -0.2) is 4.98 Å². The smallest absolute Gasteiger partial charge is 0.245 e. The fourth-order valence-corrected chi connectivity index (χ4v) is 2.90. The van der Waals surface area contributed by atoms with Crippen LogP contribution < -0.4 is 0 Å². The Morgan fingerprint density at radius 2 is 2.00 bits per heavy atom. The minimum Gasteiger partial charge on any atom is -0.341 e. The molecule has 0 radical (unpaired) electrons. The van der Waals surface area contributed by atoms with E-state index in [0.717, 1.165) is 42.9 Å². The molecule has 0 saturated carbocycles. The number of piperidine rings is 1. The number of likely N-dealkylation sites (tertiary alicyclic amines) is 1. The first-order chi connectivity index (χ1) is 9.66. The second-order valence-electron chi connectivity index (χ2n) is 5.82. The summed E-state index contributed by atoms with van der Waals surface area (Å²) in [5, 5.41) is 0. The summed E-state index contributed by atoms with van der Waals surface area (Å²) in [5.74, 6) is 0.948. The molecule has 1 aliphatic heterocycles. The molecule has 0 bridgehead atoms. The molecular formula is C16H21N3O. The number of hydrogen-bond acceptors (Lipinski definition) is 2. The summed E-state index contributed by atoms with van der Waals surface area (Å²) >= 11 is 0. The molecule has 0 aliphatic carbocycles. The Bertz CT molecular complexity index is 611. The van der Waals surface area contributed by atoms with E-state index in [1.165, 1.54) is 0 Å². The molecule has 1 atom stereocenters. The van der Waals surface area contributed by atoms with E-state index in [2.05, 4.69) is 11.9 Å². The predicted octanol–water partition coefficient (Wildman–Crippen LogP) is 2.86. The first-order valence-corrected chi connectivity index (χ1v) is 7.37. The standard InChI is InChI=1S/C16H21N3O/c1-12-7-9-18(10-8-12)16(20)13(2)19-11-17-14-5-3-4-6-15(14)19/h3-6,11-13H,7-10H2,1-2H3. The van der Waals surface area contributed by atoms with Gasteiger partial charge in [0, 0.05) is 13.1 Å². The lowest BCUT2D eigenvalue weighted by Gasteiger charge is -2.32. The van der Waals surface area contributed by atoms with Crippen molar-refractivity contribution in [3.8, 4) is 0 Å². The van der Waals surface area contributed by atoms with Gasteiger partial charge in [-0.3, -0.25) is 4.79 Å². The van der Waals surface area contributed by atoms with Crippen LogP contribution in [0.2, 0.25) is 0 Å². The van der Waals surface area contributed by atoms with Crippen molar-refractivity contribution in [2.24, 2.45) is 5.92 Å². The summed E-state index contributed by atoms with van der Waals surface area (Å²) in [7, 11) is 0. The second kappa shape index (κ2) is 5.27. The highest BCUT2D eigenvalue weighted by Gasteiger charge is 2.26. The number of benzene rings is 1. The number of carbonyl (C=O) groups excluding carboxylic acids is 1. The maximum absolute atomic E-state index is 12.6. The Kier molecular flexibility index (Phi) is 3.47. The van der Waals surface area contributed by atoms with Gasteiger partial charge in [-0.2, -0.15) is 0 Å². The van der Waals surface area contributed by atoms with E-state index in [4.69, 9.17) is 0 Å². The van der Waals surface area contributed by atoms with E-state index in [-0.39, 0.29) is 11.9 Å². The van der Waals surface area contributed by atoms with E-state index < -0.39 is 0 Å². The Morgan fingerprint density at radius 3 is 2.75 bits per heavy atom. The molecule has 1 amide bonds. The van der Waals surface area contributed by atoms with Crippen molar-refractivity contribution in [3.63, 3.8) is 0 Å². The van der Waals surface area contributed by atoms with Crippen molar-refractivity contribution in [2.75, 3.05) is 13.1 Å². The molecule has 4 nitrogen and oxygen atoms in total. The molecule has 1 unspecified atom stereocenters. The third-order valence-electron chi connectivity index (χ3n) is 4.35. The summed E-state index contributed by atoms with van der Waals surface area (Å²) in [5.41, 5.74) is 1.97. The minimum atomic E-state index is -0.184. The summed E-state index contributed by atoms with van der Waals surface area (Å²) in [6.07, 6.45) is 4.01. The molecule has 1 aromatic heterocycles. The zero-order valence-electron chi connectivity index (χ0n) is 12.1. The van der Waals surface area contributed by atoms with Crippen LogP contribution in [0.25, 0.3) is 11.0 Å². The lowest BCUT2D eigenvalue weighted by atomic mass is 9.99. The molecule has 4 heteroatoms. The summed E-state index contributed by atoms with van der Waals surface area (Å²) in [4.78, 5) is 19.0. The minimum absolute atomic E-state index is 0.184. The van der Waals surface area contributed by atoms with Crippen molar-refractivity contribution >= 4 is 16.9 Å². The summed E-state index contributed by atoms with van der Waals surface area (Å²) in [6.45, 7) is 6.00. The van der Waals surface area contributed by atoms with Crippen LogP contribution in [0, 0.1) is 5.92 Å². The first-order valence-electron chi connectivity index (χ1n) is 7.37. The number of hydrogen-bond donors (Lipinski definition) is 0. The lowest BCUT2D eigenvalue weighted by molar-refractivity contribution is -0.135. The van der Waals surface area contributed by atoms with Gasteiger partial charge < -0.3 is 9.47 Å². The average molecular weight is 271 g/mol. The zero-order chi connectivity index (χ0) is 14.1. The van der Waals surface area contributed by atoms with Gasteiger partial charge in [0.05, 0.1) is 17.4 Å². The van der Waals surface area contributed by atoms with E-state index in [1.807, 2.05) is 40.7 Å². The van der Waals surface area contributed by atoms with E-state index in [9.17, 15) is 4.79 Å². The van der Waals surface area contributed by atoms with Crippen LogP contribution >= 0.6 is 0 Å². The molecule has 0 N–H and O–H groups in total. The molecule has 1 aliphatic rings. The van der Waals surface area contributed by atoms with Crippen molar-refractivity contribution in [1.29, 1.82) is 0 Å². The maximum atomic E-state index is 12.6. The predicted molar refractivity (Wildman–Crippen MR) is 79.4 cm³/mol. The van der Waals surface area contributed by atoms with Crippen molar-refractivity contribution in [3.05, 3.63) is 30.6 Å².